The topological polar surface area (TPSA) is 63.2 Å². The first kappa shape index (κ1) is 16.2. The van der Waals surface area contributed by atoms with Crippen molar-refractivity contribution in [1.29, 1.82) is 0 Å². The lowest BCUT2D eigenvalue weighted by Crippen LogP contribution is -2.30. The van der Waals surface area contributed by atoms with Gasteiger partial charge in [0.05, 0.1) is 12.3 Å². The first-order valence-electron chi connectivity index (χ1n) is 6.18. The maximum Gasteiger partial charge on any atom is 0.235 e. The molecule has 0 radical (unpaired) electrons. The number of amides is 1. The highest BCUT2D eigenvalue weighted by Gasteiger charge is 2.17. The Kier molecular flexibility index (Phi) is 5.55. The smallest absolute Gasteiger partial charge is 0.235 e. The summed E-state index contributed by atoms with van der Waals surface area (Å²) in [6.07, 6.45) is 0. The largest absolute Gasteiger partial charge is 0.350 e. The van der Waals surface area contributed by atoms with Crippen molar-refractivity contribution >= 4 is 43.0 Å². The van der Waals surface area contributed by atoms with E-state index in [1.807, 2.05) is 23.6 Å². The van der Waals surface area contributed by atoms with Gasteiger partial charge in [0.15, 0.2) is 9.84 Å². The van der Waals surface area contributed by atoms with Crippen LogP contribution >= 0.6 is 27.3 Å². The molecule has 0 aliphatic heterocycles. The molecule has 112 valence electrons. The van der Waals surface area contributed by atoms with E-state index in [4.69, 9.17) is 0 Å². The van der Waals surface area contributed by atoms with Gasteiger partial charge in [-0.3, -0.25) is 4.79 Å². The quantitative estimate of drug-likeness (QED) is 0.828. The molecule has 0 bridgehead atoms. The molecule has 2 rings (SSSR count). The standard InChI is InChI=1S/C14H14BrNO3S2/c15-12-4-1-3-11(7-12)9-21(18,19)10-14(17)16-8-13-5-2-6-20-13/h1-7H,8-10H2,(H,16,17). The van der Waals surface area contributed by atoms with Crippen molar-refractivity contribution in [3.8, 4) is 0 Å². The van der Waals surface area contributed by atoms with Crippen LogP contribution in [0.2, 0.25) is 0 Å². The van der Waals surface area contributed by atoms with E-state index in [2.05, 4.69) is 21.2 Å². The van der Waals surface area contributed by atoms with Crippen molar-refractivity contribution < 1.29 is 13.2 Å². The number of benzene rings is 1. The van der Waals surface area contributed by atoms with Gasteiger partial charge in [-0.1, -0.05) is 34.1 Å². The van der Waals surface area contributed by atoms with Gasteiger partial charge in [-0.25, -0.2) is 8.42 Å². The summed E-state index contributed by atoms with van der Waals surface area (Å²) in [6, 6.07) is 10.8. The van der Waals surface area contributed by atoms with Crippen LogP contribution in [0.4, 0.5) is 0 Å². The second-order valence-electron chi connectivity index (χ2n) is 4.52. The average molecular weight is 388 g/mol. The highest BCUT2D eigenvalue weighted by Crippen LogP contribution is 2.14. The Morgan fingerprint density at radius 2 is 2.05 bits per heavy atom. The van der Waals surface area contributed by atoms with Crippen LogP contribution in [0.5, 0.6) is 0 Å². The van der Waals surface area contributed by atoms with E-state index in [1.54, 1.807) is 18.2 Å². The minimum atomic E-state index is -3.47. The van der Waals surface area contributed by atoms with Crippen LogP contribution in [0.1, 0.15) is 10.4 Å². The summed E-state index contributed by atoms with van der Waals surface area (Å²) in [5.41, 5.74) is 0.662. The van der Waals surface area contributed by atoms with Crippen molar-refractivity contribution in [3.05, 3.63) is 56.7 Å². The molecule has 0 unspecified atom stereocenters. The predicted octanol–water partition coefficient (Wildman–Crippen LogP) is 2.74. The summed E-state index contributed by atoms with van der Waals surface area (Å²) in [7, 11) is -3.47. The summed E-state index contributed by atoms with van der Waals surface area (Å²) in [6.45, 7) is 0.364. The van der Waals surface area contributed by atoms with Gasteiger partial charge < -0.3 is 5.32 Å². The van der Waals surface area contributed by atoms with Gasteiger partial charge in [0, 0.05) is 9.35 Å². The minimum absolute atomic E-state index is 0.140. The highest BCUT2D eigenvalue weighted by molar-refractivity contribution is 9.10. The molecule has 1 heterocycles. The molecular formula is C14H14BrNO3S2. The SMILES string of the molecule is O=C(CS(=O)(=O)Cc1cccc(Br)c1)NCc1cccs1. The van der Waals surface area contributed by atoms with Crippen LogP contribution in [0.3, 0.4) is 0 Å². The molecular weight excluding hydrogens is 374 g/mol. The Labute approximate surface area is 136 Å². The number of carbonyl (C=O) groups excluding carboxylic acids is 1. The third-order valence-electron chi connectivity index (χ3n) is 2.67. The van der Waals surface area contributed by atoms with Gasteiger partial charge in [-0.2, -0.15) is 0 Å². The van der Waals surface area contributed by atoms with Crippen molar-refractivity contribution in [3.63, 3.8) is 0 Å². The average Bonchev–Trinajstić information content (AvgIpc) is 2.88. The fourth-order valence-corrected chi connectivity index (χ4v) is 4.16. The zero-order chi connectivity index (χ0) is 15.3. The zero-order valence-electron chi connectivity index (χ0n) is 11.1. The fourth-order valence-electron chi connectivity index (χ4n) is 1.78. The molecule has 0 aliphatic carbocycles. The van der Waals surface area contributed by atoms with Crippen molar-refractivity contribution in [1.82, 2.24) is 5.32 Å². The molecule has 0 saturated heterocycles. The van der Waals surface area contributed by atoms with Gasteiger partial charge >= 0.3 is 0 Å². The number of nitrogens with one attached hydrogen (secondary N) is 1. The summed E-state index contributed by atoms with van der Waals surface area (Å²) < 4.78 is 24.8. The molecule has 1 amide bonds. The summed E-state index contributed by atoms with van der Waals surface area (Å²) >= 11 is 4.81. The maximum atomic E-state index is 12.0. The third kappa shape index (κ3) is 5.61. The molecule has 0 saturated carbocycles. The number of carbonyl (C=O) groups is 1. The molecule has 0 spiro atoms. The number of hydrogen-bond acceptors (Lipinski definition) is 4. The number of thiophene rings is 1. The lowest BCUT2D eigenvalue weighted by Gasteiger charge is -2.06. The Morgan fingerprint density at radius 3 is 2.71 bits per heavy atom. The molecule has 1 N–H and O–H groups in total. The minimum Gasteiger partial charge on any atom is -0.350 e. The maximum absolute atomic E-state index is 12.0. The van der Waals surface area contributed by atoms with E-state index in [1.165, 1.54) is 11.3 Å². The predicted molar refractivity (Wildman–Crippen MR) is 87.8 cm³/mol. The molecule has 0 fully saturated rings. The van der Waals surface area contributed by atoms with Crippen molar-refractivity contribution in [2.75, 3.05) is 5.75 Å². The number of hydrogen-bond donors (Lipinski definition) is 1. The molecule has 0 atom stereocenters. The number of halogens is 1. The summed E-state index contributed by atoms with van der Waals surface area (Å²) in [5.74, 6) is -1.11. The molecule has 1 aromatic carbocycles. The van der Waals surface area contributed by atoms with Gasteiger partial charge in [0.2, 0.25) is 5.91 Å². The Bertz CT molecular complexity index is 712. The second kappa shape index (κ2) is 7.20. The van der Waals surface area contributed by atoms with E-state index in [9.17, 15) is 13.2 Å². The summed E-state index contributed by atoms with van der Waals surface area (Å²) in [4.78, 5) is 12.7. The van der Waals surface area contributed by atoms with Gasteiger partial charge in [-0.15, -0.1) is 11.3 Å². The zero-order valence-corrected chi connectivity index (χ0v) is 14.3. The van der Waals surface area contributed by atoms with Crippen LogP contribution in [0, 0.1) is 0 Å². The monoisotopic (exact) mass is 387 g/mol. The van der Waals surface area contributed by atoms with Crippen LogP contribution < -0.4 is 5.32 Å². The molecule has 0 aliphatic rings. The number of sulfone groups is 1. The normalized spacial score (nSPS) is 11.3. The van der Waals surface area contributed by atoms with Gasteiger partial charge in [0.1, 0.15) is 5.75 Å². The Balaban J connectivity index is 1.89. The molecule has 2 aromatic rings. The van der Waals surface area contributed by atoms with E-state index >= 15 is 0 Å². The van der Waals surface area contributed by atoms with Gasteiger partial charge in [-0.05, 0) is 29.1 Å². The van der Waals surface area contributed by atoms with Crippen molar-refractivity contribution in [2.24, 2.45) is 0 Å². The van der Waals surface area contributed by atoms with E-state index in [0.717, 1.165) is 9.35 Å². The second-order valence-corrected chi connectivity index (χ2v) is 8.53. The van der Waals surface area contributed by atoms with Crippen molar-refractivity contribution in [2.45, 2.75) is 12.3 Å². The van der Waals surface area contributed by atoms with Crippen LogP contribution in [0.15, 0.2) is 46.3 Å². The fraction of sp³-hybridized carbons (Fsp3) is 0.214. The molecule has 1 aromatic heterocycles. The number of rotatable bonds is 6. The third-order valence-corrected chi connectivity index (χ3v) is 5.51. The van der Waals surface area contributed by atoms with Crippen LogP contribution in [-0.2, 0) is 26.9 Å². The first-order chi connectivity index (χ1) is 9.94. The van der Waals surface area contributed by atoms with Crippen LogP contribution in [0.25, 0.3) is 0 Å². The lowest BCUT2D eigenvalue weighted by molar-refractivity contribution is -0.118. The van der Waals surface area contributed by atoms with Crippen LogP contribution in [-0.4, -0.2) is 20.1 Å². The lowest BCUT2D eigenvalue weighted by atomic mass is 10.2. The molecule has 21 heavy (non-hydrogen) atoms. The molecule has 7 heteroatoms. The van der Waals surface area contributed by atoms with E-state index in [-0.39, 0.29) is 5.75 Å². The Hall–Kier alpha value is -1.18. The van der Waals surface area contributed by atoms with E-state index in [0.29, 0.717) is 12.1 Å². The summed E-state index contributed by atoms with van der Waals surface area (Å²) in [5, 5.41) is 4.53. The van der Waals surface area contributed by atoms with Gasteiger partial charge in [0.25, 0.3) is 0 Å². The highest BCUT2D eigenvalue weighted by atomic mass is 79.9. The molecule has 4 nitrogen and oxygen atoms in total. The van der Waals surface area contributed by atoms with E-state index < -0.39 is 21.5 Å². The first-order valence-corrected chi connectivity index (χ1v) is 9.68. The Morgan fingerprint density at radius 1 is 1.24 bits per heavy atom.